The molecular formula is C12H23N5O. The van der Waals surface area contributed by atoms with E-state index in [9.17, 15) is 0 Å². The van der Waals surface area contributed by atoms with Gasteiger partial charge < -0.3 is 15.0 Å². The highest BCUT2D eigenvalue weighted by molar-refractivity contribution is 4.92. The first kappa shape index (κ1) is 13.5. The van der Waals surface area contributed by atoms with E-state index in [1.807, 2.05) is 10.9 Å². The first-order chi connectivity index (χ1) is 8.63. The van der Waals surface area contributed by atoms with Gasteiger partial charge in [0, 0.05) is 31.9 Å². The number of nitrogens with one attached hydrogen (secondary N) is 1. The standard InChI is InChI=1S/C12H23N5O/c1-10(2)13-6-11-7-17(15-14-11)9-12-8-16(3)4-5-18-12/h7,10,12-13H,4-6,8-9H2,1-3H3. The second-order valence-electron chi connectivity index (χ2n) is 5.22. The van der Waals surface area contributed by atoms with E-state index < -0.39 is 0 Å². The largest absolute Gasteiger partial charge is 0.374 e. The van der Waals surface area contributed by atoms with Crippen molar-refractivity contribution < 1.29 is 4.74 Å². The Morgan fingerprint density at radius 3 is 3.11 bits per heavy atom. The molecule has 2 heterocycles. The third-order valence-corrected chi connectivity index (χ3v) is 3.01. The smallest absolute Gasteiger partial charge is 0.0964 e. The van der Waals surface area contributed by atoms with Gasteiger partial charge in [-0.25, -0.2) is 4.68 Å². The van der Waals surface area contributed by atoms with Crippen LogP contribution in [0.5, 0.6) is 0 Å². The van der Waals surface area contributed by atoms with Crippen LogP contribution in [0.4, 0.5) is 0 Å². The highest BCUT2D eigenvalue weighted by Crippen LogP contribution is 2.05. The van der Waals surface area contributed by atoms with E-state index in [0.29, 0.717) is 6.04 Å². The van der Waals surface area contributed by atoms with E-state index in [-0.39, 0.29) is 6.10 Å². The molecule has 1 atom stereocenters. The molecule has 0 aromatic carbocycles. The monoisotopic (exact) mass is 253 g/mol. The quantitative estimate of drug-likeness (QED) is 0.807. The predicted molar refractivity (Wildman–Crippen MR) is 69.2 cm³/mol. The Balaban J connectivity index is 1.82. The summed E-state index contributed by atoms with van der Waals surface area (Å²) in [5.41, 5.74) is 0.980. The SMILES string of the molecule is CC(C)NCc1cn(CC2CN(C)CCO2)nn1. The minimum atomic E-state index is 0.219. The van der Waals surface area contributed by atoms with Gasteiger partial charge in [0.05, 0.1) is 24.9 Å². The van der Waals surface area contributed by atoms with E-state index in [2.05, 4.69) is 41.4 Å². The van der Waals surface area contributed by atoms with Crippen LogP contribution in [-0.2, 0) is 17.8 Å². The molecule has 0 amide bonds. The molecule has 1 aliphatic heterocycles. The molecule has 0 saturated carbocycles. The highest BCUT2D eigenvalue weighted by atomic mass is 16.5. The summed E-state index contributed by atoms with van der Waals surface area (Å²) >= 11 is 0. The molecule has 1 fully saturated rings. The lowest BCUT2D eigenvalue weighted by molar-refractivity contribution is -0.0292. The van der Waals surface area contributed by atoms with Crippen LogP contribution in [0.25, 0.3) is 0 Å². The van der Waals surface area contributed by atoms with Gasteiger partial charge in [0.1, 0.15) is 0 Å². The number of hydrogen-bond acceptors (Lipinski definition) is 5. The molecular weight excluding hydrogens is 230 g/mol. The minimum Gasteiger partial charge on any atom is -0.374 e. The number of likely N-dealkylation sites (N-methyl/N-ethyl adjacent to an activating group) is 1. The molecule has 0 bridgehead atoms. The summed E-state index contributed by atoms with van der Waals surface area (Å²) < 4.78 is 7.59. The van der Waals surface area contributed by atoms with E-state index in [1.54, 1.807) is 0 Å². The van der Waals surface area contributed by atoms with Crippen LogP contribution in [0, 0.1) is 0 Å². The van der Waals surface area contributed by atoms with Gasteiger partial charge in [0.15, 0.2) is 0 Å². The zero-order chi connectivity index (χ0) is 13.0. The molecule has 1 aromatic heterocycles. The summed E-state index contributed by atoms with van der Waals surface area (Å²) in [7, 11) is 2.12. The second-order valence-corrected chi connectivity index (χ2v) is 5.22. The van der Waals surface area contributed by atoms with Crippen LogP contribution in [0.2, 0.25) is 0 Å². The van der Waals surface area contributed by atoms with Gasteiger partial charge >= 0.3 is 0 Å². The summed E-state index contributed by atoms with van der Waals surface area (Å²) in [5, 5.41) is 11.6. The van der Waals surface area contributed by atoms with Crippen molar-refractivity contribution in [1.82, 2.24) is 25.2 Å². The summed E-state index contributed by atoms with van der Waals surface area (Å²) in [6, 6.07) is 0.463. The molecule has 18 heavy (non-hydrogen) atoms. The first-order valence-electron chi connectivity index (χ1n) is 6.56. The lowest BCUT2D eigenvalue weighted by Gasteiger charge is -2.29. The Labute approximate surface area is 108 Å². The van der Waals surface area contributed by atoms with Crippen LogP contribution >= 0.6 is 0 Å². The van der Waals surface area contributed by atoms with Crippen molar-refractivity contribution in [3.8, 4) is 0 Å². The van der Waals surface area contributed by atoms with Gasteiger partial charge in [-0.2, -0.15) is 0 Å². The van der Waals surface area contributed by atoms with Crippen molar-refractivity contribution in [2.75, 3.05) is 26.7 Å². The molecule has 6 nitrogen and oxygen atoms in total. The van der Waals surface area contributed by atoms with Crippen molar-refractivity contribution in [2.24, 2.45) is 0 Å². The number of ether oxygens (including phenoxy) is 1. The molecule has 1 unspecified atom stereocenters. The maximum absolute atomic E-state index is 5.71. The van der Waals surface area contributed by atoms with E-state index in [1.165, 1.54) is 0 Å². The van der Waals surface area contributed by atoms with Crippen molar-refractivity contribution in [2.45, 2.75) is 39.1 Å². The number of morpholine rings is 1. The van der Waals surface area contributed by atoms with E-state index in [0.717, 1.165) is 38.5 Å². The molecule has 2 rings (SSSR count). The predicted octanol–water partition coefficient (Wildman–Crippen LogP) is 0.107. The first-order valence-corrected chi connectivity index (χ1v) is 6.56. The van der Waals surface area contributed by atoms with E-state index in [4.69, 9.17) is 4.74 Å². The Bertz CT molecular complexity index is 365. The topological polar surface area (TPSA) is 55.2 Å². The van der Waals surface area contributed by atoms with Crippen molar-refractivity contribution in [1.29, 1.82) is 0 Å². The molecule has 0 radical (unpaired) electrons. The number of aromatic nitrogens is 3. The fraction of sp³-hybridized carbons (Fsp3) is 0.833. The van der Waals surface area contributed by atoms with Crippen LogP contribution in [0.3, 0.4) is 0 Å². The normalized spacial score (nSPS) is 21.7. The van der Waals surface area contributed by atoms with Crippen LogP contribution in [-0.4, -0.2) is 58.8 Å². The zero-order valence-corrected chi connectivity index (χ0v) is 11.5. The average Bonchev–Trinajstić information content (AvgIpc) is 2.74. The molecule has 0 aliphatic carbocycles. The maximum atomic E-state index is 5.71. The number of nitrogens with zero attached hydrogens (tertiary/aromatic N) is 4. The van der Waals surface area contributed by atoms with Gasteiger partial charge in [-0.3, -0.25) is 0 Å². The summed E-state index contributed by atoms with van der Waals surface area (Å²) in [5.74, 6) is 0. The molecule has 1 aliphatic rings. The zero-order valence-electron chi connectivity index (χ0n) is 11.5. The molecule has 1 N–H and O–H groups in total. The molecule has 1 aromatic rings. The molecule has 0 spiro atoms. The summed E-state index contributed by atoms with van der Waals surface area (Å²) in [4.78, 5) is 2.28. The average molecular weight is 253 g/mol. The van der Waals surface area contributed by atoms with Gasteiger partial charge in [-0.05, 0) is 7.05 Å². The Kier molecular flexibility index (Phi) is 4.68. The minimum absolute atomic E-state index is 0.219. The van der Waals surface area contributed by atoms with Crippen molar-refractivity contribution >= 4 is 0 Å². The second kappa shape index (κ2) is 6.26. The maximum Gasteiger partial charge on any atom is 0.0964 e. The lowest BCUT2D eigenvalue weighted by Crippen LogP contribution is -2.42. The van der Waals surface area contributed by atoms with Gasteiger partial charge in [0.25, 0.3) is 0 Å². The Morgan fingerprint density at radius 2 is 2.39 bits per heavy atom. The highest BCUT2D eigenvalue weighted by Gasteiger charge is 2.18. The van der Waals surface area contributed by atoms with Crippen molar-refractivity contribution in [3.63, 3.8) is 0 Å². The lowest BCUT2D eigenvalue weighted by atomic mass is 10.3. The van der Waals surface area contributed by atoms with Gasteiger partial charge in [0.2, 0.25) is 0 Å². The van der Waals surface area contributed by atoms with Gasteiger partial charge in [-0.1, -0.05) is 19.1 Å². The summed E-state index contributed by atoms with van der Waals surface area (Å²) in [6.07, 6.45) is 2.21. The van der Waals surface area contributed by atoms with Gasteiger partial charge in [-0.15, -0.1) is 5.10 Å². The molecule has 6 heteroatoms. The molecule has 102 valence electrons. The fourth-order valence-corrected chi connectivity index (χ4v) is 2.00. The Morgan fingerprint density at radius 1 is 1.56 bits per heavy atom. The van der Waals surface area contributed by atoms with Crippen LogP contribution in [0.15, 0.2) is 6.20 Å². The van der Waals surface area contributed by atoms with Crippen molar-refractivity contribution in [3.05, 3.63) is 11.9 Å². The van der Waals surface area contributed by atoms with Crippen LogP contribution in [0.1, 0.15) is 19.5 Å². The third-order valence-electron chi connectivity index (χ3n) is 3.01. The fourth-order valence-electron chi connectivity index (χ4n) is 2.00. The number of hydrogen-bond donors (Lipinski definition) is 1. The molecule has 1 saturated heterocycles. The van der Waals surface area contributed by atoms with E-state index >= 15 is 0 Å². The number of rotatable bonds is 5. The summed E-state index contributed by atoms with van der Waals surface area (Å²) in [6.45, 7) is 8.56. The Hall–Kier alpha value is -0.980. The van der Waals surface area contributed by atoms with Crippen LogP contribution < -0.4 is 5.32 Å². The third kappa shape index (κ3) is 4.04.